The lowest BCUT2D eigenvalue weighted by Gasteiger charge is -2.27. The Morgan fingerprint density at radius 1 is 1.38 bits per heavy atom. The van der Waals surface area contributed by atoms with Gasteiger partial charge in [-0.1, -0.05) is 11.6 Å². The second-order valence-corrected chi connectivity index (χ2v) is 8.30. The van der Waals surface area contributed by atoms with Crippen LogP contribution in [-0.2, 0) is 16.6 Å². The van der Waals surface area contributed by atoms with Crippen LogP contribution in [0.25, 0.3) is 0 Å². The quantitative estimate of drug-likeness (QED) is 0.872. The molecule has 2 rings (SSSR count). The molecule has 0 amide bonds. The van der Waals surface area contributed by atoms with Crippen molar-refractivity contribution in [3.05, 3.63) is 28.3 Å². The first kappa shape index (κ1) is 16.7. The summed E-state index contributed by atoms with van der Waals surface area (Å²) >= 11 is 6.07. The van der Waals surface area contributed by atoms with Crippen LogP contribution in [0.1, 0.15) is 37.8 Å². The first-order chi connectivity index (χ1) is 9.77. The average molecular weight is 331 g/mol. The van der Waals surface area contributed by atoms with E-state index in [1.165, 1.54) is 6.07 Å². The van der Waals surface area contributed by atoms with Crippen molar-refractivity contribution < 1.29 is 8.42 Å². The maximum Gasteiger partial charge on any atom is 0.243 e. The molecule has 0 atom stereocenters. The lowest BCUT2D eigenvalue weighted by atomic mass is 10.1. The molecular weight excluding hydrogens is 308 g/mol. The summed E-state index contributed by atoms with van der Waals surface area (Å²) in [6, 6.07) is 3.19. The minimum absolute atomic E-state index is 0.0738. The molecule has 21 heavy (non-hydrogen) atoms. The molecule has 118 valence electrons. The molecule has 0 radical (unpaired) electrons. The molecule has 0 aliphatic heterocycles. The number of nitrogens with two attached hydrogens (primary N) is 1. The predicted molar refractivity (Wildman–Crippen MR) is 85.8 cm³/mol. The van der Waals surface area contributed by atoms with Gasteiger partial charge in [-0.15, -0.1) is 0 Å². The Morgan fingerprint density at radius 2 is 2.00 bits per heavy atom. The molecule has 1 aromatic carbocycles. The molecule has 2 N–H and O–H groups in total. The Labute approximate surface area is 132 Å². The zero-order valence-corrected chi connectivity index (χ0v) is 14.3. The van der Waals surface area contributed by atoms with E-state index in [0.29, 0.717) is 23.0 Å². The van der Waals surface area contributed by atoms with Crippen molar-refractivity contribution in [1.82, 2.24) is 4.31 Å². The van der Waals surface area contributed by atoms with E-state index in [4.69, 9.17) is 17.3 Å². The molecule has 1 aliphatic carbocycles. The number of sulfonamides is 1. The van der Waals surface area contributed by atoms with Crippen molar-refractivity contribution in [3.8, 4) is 0 Å². The molecule has 0 bridgehead atoms. The summed E-state index contributed by atoms with van der Waals surface area (Å²) in [6.45, 7) is 6.47. The largest absolute Gasteiger partial charge is 0.326 e. The van der Waals surface area contributed by atoms with Crippen molar-refractivity contribution in [3.63, 3.8) is 0 Å². The average Bonchev–Trinajstić information content (AvgIpc) is 3.21. The summed E-state index contributed by atoms with van der Waals surface area (Å²) in [5, 5.41) is 0.412. The maximum absolute atomic E-state index is 13.0. The second-order valence-electron chi connectivity index (χ2n) is 6.00. The highest BCUT2D eigenvalue weighted by Gasteiger charge is 2.34. The van der Waals surface area contributed by atoms with Gasteiger partial charge in [0.1, 0.15) is 0 Å². The summed E-state index contributed by atoms with van der Waals surface area (Å²) in [4.78, 5) is 0.282. The van der Waals surface area contributed by atoms with Gasteiger partial charge in [-0.3, -0.25) is 0 Å². The topological polar surface area (TPSA) is 63.4 Å². The third-order valence-electron chi connectivity index (χ3n) is 3.95. The maximum atomic E-state index is 13.0. The first-order valence-electron chi connectivity index (χ1n) is 7.28. The lowest BCUT2D eigenvalue weighted by Crippen LogP contribution is -2.38. The summed E-state index contributed by atoms with van der Waals surface area (Å²) in [5.41, 5.74) is 7.16. The highest BCUT2D eigenvalue weighted by Crippen LogP contribution is 2.34. The fourth-order valence-corrected chi connectivity index (χ4v) is 4.77. The Bertz CT molecular complexity index is 625. The molecule has 1 saturated carbocycles. The minimum Gasteiger partial charge on any atom is -0.326 e. The lowest BCUT2D eigenvalue weighted by molar-refractivity contribution is 0.341. The summed E-state index contributed by atoms with van der Waals surface area (Å²) in [5.74, 6) is 0.496. The van der Waals surface area contributed by atoms with Crippen LogP contribution in [0.5, 0.6) is 0 Å². The van der Waals surface area contributed by atoms with Gasteiger partial charge in [-0.05, 0) is 62.8 Å². The van der Waals surface area contributed by atoms with Gasteiger partial charge in [0.05, 0.1) is 4.90 Å². The van der Waals surface area contributed by atoms with E-state index >= 15 is 0 Å². The molecule has 0 heterocycles. The number of benzene rings is 1. The van der Waals surface area contributed by atoms with E-state index in [1.807, 2.05) is 13.8 Å². The zero-order valence-electron chi connectivity index (χ0n) is 12.8. The molecule has 0 aromatic heterocycles. The van der Waals surface area contributed by atoms with Crippen LogP contribution in [-0.4, -0.2) is 25.3 Å². The highest BCUT2D eigenvalue weighted by atomic mass is 35.5. The number of halogens is 1. The predicted octanol–water partition coefficient (Wildman–Crippen LogP) is 2.92. The molecule has 6 heteroatoms. The summed E-state index contributed by atoms with van der Waals surface area (Å²) in [6.07, 6.45) is 2.22. The van der Waals surface area contributed by atoms with E-state index in [-0.39, 0.29) is 17.5 Å². The van der Waals surface area contributed by atoms with Crippen LogP contribution in [0.3, 0.4) is 0 Å². The summed E-state index contributed by atoms with van der Waals surface area (Å²) < 4.78 is 27.6. The van der Waals surface area contributed by atoms with Crippen molar-refractivity contribution in [2.45, 2.75) is 51.1 Å². The van der Waals surface area contributed by atoms with Gasteiger partial charge in [0.2, 0.25) is 10.0 Å². The molecule has 4 nitrogen and oxygen atoms in total. The Kier molecular flexibility index (Phi) is 4.98. The molecule has 1 aliphatic rings. The van der Waals surface area contributed by atoms with E-state index in [0.717, 1.165) is 18.4 Å². The number of rotatable bonds is 6. The van der Waals surface area contributed by atoms with Gasteiger partial charge < -0.3 is 5.73 Å². The van der Waals surface area contributed by atoms with Gasteiger partial charge >= 0.3 is 0 Å². The molecule has 1 aromatic rings. The van der Waals surface area contributed by atoms with Crippen LogP contribution < -0.4 is 5.73 Å². The Hall–Kier alpha value is -0.620. The Morgan fingerprint density at radius 3 is 2.48 bits per heavy atom. The SMILES string of the molecule is Cc1c(CN)cc(Cl)cc1S(=O)(=O)N(CC1CC1)C(C)C. The van der Waals surface area contributed by atoms with Crippen molar-refractivity contribution in [1.29, 1.82) is 0 Å². The summed E-state index contributed by atoms with van der Waals surface area (Å²) in [7, 11) is -3.55. The van der Waals surface area contributed by atoms with E-state index in [2.05, 4.69) is 0 Å². The van der Waals surface area contributed by atoms with Crippen molar-refractivity contribution in [2.24, 2.45) is 11.7 Å². The van der Waals surface area contributed by atoms with Crippen LogP contribution in [0, 0.1) is 12.8 Å². The molecule has 0 saturated heterocycles. The van der Waals surface area contributed by atoms with Gasteiger partial charge in [0.15, 0.2) is 0 Å². The van der Waals surface area contributed by atoms with Crippen LogP contribution >= 0.6 is 11.6 Å². The number of hydrogen-bond donors (Lipinski definition) is 1. The molecular formula is C15H23ClN2O2S. The second kappa shape index (κ2) is 6.24. The first-order valence-corrected chi connectivity index (χ1v) is 9.10. The third kappa shape index (κ3) is 3.59. The van der Waals surface area contributed by atoms with E-state index < -0.39 is 10.0 Å². The van der Waals surface area contributed by atoms with Gasteiger partial charge in [0.25, 0.3) is 0 Å². The van der Waals surface area contributed by atoms with Crippen LogP contribution in [0.4, 0.5) is 0 Å². The normalized spacial score (nSPS) is 16.0. The smallest absolute Gasteiger partial charge is 0.243 e. The van der Waals surface area contributed by atoms with Crippen LogP contribution in [0.15, 0.2) is 17.0 Å². The Balaban J connectivity index is 2.48. The molecule has 0 unspecified atom stereocenters. The van der Waals surface area contributed by atoms with Gasteiger partial charge in [0, 0.05) is 24.2 Å². The van der Waals surface area contributed by atoms with Crippen LogP contribution in [0.2, 0.25) is 5.02 Å². The van der Waals surface area contributed by atoms with E-state index in [9.17, 15) is 8.42 Å². The third-order valence-corrected chi connectivity index (χ3v) is 6.34. The van der Waals surface area contributed by atoms with Gasteiger partial charge in [-0.2, -0.15) is 4.31 Å². The van der Waals surface area contributed by atoms with Gasteiger partial charge in [-0.25, -0.2) is 8.42 Å². The highest BCUT2D eigenvalue weighted by molar-refractivity contribution is 7.89. The van der Waals surface area contributed by atoms with Crippen molar-refractivity contribution in [2.75, 3.05) is 6.54 Å². The number of hydrogen-bond acceptors (Lipinski definition) is 3. The fourth-order valence-electron chi connectivity index (χ4n) is 2.46. The standard InChI is InChI=1S/C15H23ClN2O2S/c1-10(2)18(9-12-4-5-12)21(19,20)15-7-14(16)6-13(8-17)11(15)3/h6-7,10,12H,4-5,8-9,17H2,1-3H3. The van der Waals surface area contributed by atoms with Crippen molar-refractivity contribution >= 4 is 21.6 Å². The molecule has 1 fully saturated rings. The van der Waals surface area contributed by atoms with E-state index in [1.54, 1.807) is 17.3 Å². The zero-order chi connectivity index (χ0) is 15.8. The number of nitrogens with zero attached hydrogens (tertiary/aromatic N) is 1. The monoisotopic (exact) mass is 330 g/mol. The minimum atomic E-state index is -3.55. The fraction of sp³-hybridized carbons (Fsp3) is 0.600. The molecule has 0 spiro atoms.